The minimum absolute atomic E-state index is 0.110. The Labute approximate surface area is 107 Å². The van der Waals surface area contributed by atoms with Crippen LogP contribution in [0.25, 0.3) is 0 Å². The monoisotopic (exact) mass is 249 g/mol. The van der Waals surface area contributed by atoms with Crippen LogP contribution in [0.4, 0.5) is 0 Å². The first-order valence-electron chi connectivity index (χ1n) is 6.19. The Hall–Kier alpha value is -1.62. The third-order valence-electron chi connectivity index (χ3n) is 2.67. The van der Waals surface area contributed by atoms with E-state index in [-0.39, 0.29) is 5.91 Å². The van der Waals surface area contributed by atoms with Gasteiger partial charge in [0.05, 0.1) is 12.7 Å². The molecular weight excluding hydrogens is 230 g/mol. The van der Waals surface area contributed by atoms with Crippen molar-refractivity contribution < 1.29 is 9.21 Å². The first-order chi connectivity index (χ1) is 8.65. The summed E-state index contributed by atoms with van der Waals surface area (Å²) in [6.45, 7) is 1.15. The molecule has 1 aliphatic rings. The second-order valence-electron chi connectivity index (χ2n) is 4.82. The molecule has 1 N–H and O–H groups in total. The van der Waals surface area contributed by atoms with Crippen molar-refractivity contribution in [1.82, 2.24) is 15.2 Å². The van der Waals surface area contributed by atoms with Gasteiger partial charge in [0.2, 0.25) is 5.91 Å². The zero-order chi connectivity index (χ0) is 13.0. The number of hydrogen-bond donors (Lipinski definition) is 1. The highest BCUT2D eigenvalue weighted by Crippen LogP contribution is 2.39. The Bertz CT molecular complexity index is 433. The van der Waals surface area contributed by atoms with Crippen LogP contribution in [0.5, 0.6) is 0 Å². The van der Waals surface area contributed by atoms with Gasteiger partial charge in [0.15, 0.2) is 5.89 Å². The Balaban J connectivity index is 1.72. The molecule has 1 amide bonds. The Kier molecular flexibility index (Phi) is 4.15. The summed E-state index contributed by atoms with van der Waals surface area (Å²) in [6.07, 6.45) is 7.39. The number of aromatic nitrogens is 1. The fourth-order valence-corrected chi connectivity index (χ4v) is 1.53. The maximum Gasteiger partial charge on any atom is 0.244 e. The number of oxazole rings is 1. The summed E-state index contributed by atoms with van der Waals surface area (Å²) >= 11 is 0. The van der Waals surface area contributed by atoms with Gasteiger partial charge < -0.3 is 14.6 Å². The van der Waals surface area contributed by atoms with Gasteiger partial charge >= 0.3 is 0 Å². The molecule has 1 saturated carbocycles. The van der Waals surface area contributed by atoms with E-state index in [2.05, 4.69) is 10.3 Å². The maximum absolute atomic E-state index is 11.5. The summed E-state index contributed by atoms with van der Waals surface area (Å²) < 4.78 is 5.54. The predicted molar refractivity (Wildman–Crippen MR) is 68.0 cm³/mol. The van der Waals surface area contributed by atoms with Crippen molar-refractivity contribution in [3.05, 3.63) is 30.0 Å². The van der Waals surface area contributed by atoms with Crippen molar-refractivity contribution in [2.45, 2.75) is 25.3 Å². The van der Waals surface area contributed by atoms with E-state index in [1.54, 1.807) is 6.20 Å². The van der Waals surface area contributed by atoms with Crippen LogP contribution in [0.2, 0.25) is 0 Å². The quantitative estimate of drug-likeness (QED) is 0.772. The Morgan fingerprint density at radius 2 is 2.39 bits per heavy atom. The van der Waals surface area contributed by atoms with Crippen molar-refractivity contribution in [3.63, 3.8) is 0 Å². The average Bonchev–Trinajstić information content (AvgIpc) is 3.06. The standard InChI is InChI=1S/C13H19N3O2/c1-16(2)7-3-4-12(17)14-8-11-9-15-13(18-11)10-5-6-10/h3-4,9-10H,5-8H2,1-2H3,(H,14,17)/b4-3+. The number of amides is 1. The summed E-state index contributed by atoms with van der Waals surface area (Å²) in [4.78, 5) is 17.7. The minimum atomic E-state index is -0.110. The zero-order valence-electron chi connectivity index (χ0n) is 10.8. The van der Waals surface area contributed by atoms with Crippen LogP contribution in [0.15, 0.2) is 22.8 Å². The second kappa shape index (κ2) is 5.82. The molecule has 0 atom stereocenters. The van der Waals surface area contributed by atoms with Crippen molar-refractivity contribution in [2.75, 3.05) is 20.6 Å². The fraction of sp³-hybridized carbons (Fsp3) is 0.538. The number of nitrogens with one attached hydrogen (secondary N) is 1. The van der Waals surface area contributed by atoms with E-state index < -0.39 is 0 Å². The SMILES string of the molecule is CN(C)C/C=C/C(=O)NCc1cnc(C2CC2)o1. The van der Waals surface area contributed by atoms with E-state index in [4.69, 9.17) is 4.42 Å². The zero-order valence-corrected chi connectivity index (χ0v) is 10.8. The summed E-state index contributed by atoms with van der Waals surface area (Å²) in [5, 5.41) is 2.77. The topological polar surface area (TPSA) is 58.4 Å². The van der Waals surface area contributed by atoms with Crippen LogP contribution in [0, 0.1) is 0 Å². The van der Waals surface area contributed by atoms with Gasteiger partial charge in [-0.2, -0.15) is 0 Å². The molecule has 5 nitrogen and oxygen atoms in total. The summed E-state index contributed by atoms with van der Waals surface area (Å²) in [5.74, 6) is 1.92. The molecule has 1 aromatic rings. The molecular formula is C13H19N3O2. The molecule has 0 spiro atoms. The largest absolute Gasteiger partial charge is 0.444 e. The van der Waals surface area contributed by atoms with Gasteiger partial charge in [-0.3, -0.25) is 4.79 Å². The van der Waals surface area contributed by atoms with Crippen LogP contribution in [-0.4, -0.2) is 36.4 Å². The van der Waals surface area contributed by atoms with Crippen molar-refractivity contribution in [2.24, 2.45) is 0 Å². The van der Waals surface area contributed by atoms with E-state index in [0.717, 1.165) is 12.4 Å². The fourth-order valence-electron chi connectivity index (χ4n) is 1.53. The molecule has 0 saturated heterocycles. The second-order valence-corrected chi connectivity index (χ2v) is 4.82. The number of nitrogens with zero attached hydrogens (tertiary/aromatic N) is 2. The van der Waals surface area contributed by atoms with Gasteiger partial charge in [-0.15, -0.1) is 0 Å². The molecule has 0 unspecified atom stereocenters. The summed E-state index contributed by atoms with van der Waals surface area (Å²) in [7, 11) is 3.91. The molecule has 1 aliphatic carbocycles. The highest BCUT2D eigenvalue weighted by Gasteiger charge is 2.28. The lowest BCUT2D eigenvalue weighted by atomic mass is 10.4. The molecule has 0 bridgehead atoms. The van der Waals surface area contributed by atoms with Crippen LogP contribution < -0.4 is 5.32 Å². The van der Waals surface area contributed by atoms with E-state index in [9.17, 15) is 4.79 Å². The highest BCUT2D eigenvalue weighted by atomic mass is 16.4. The average molecular weight is 249 g/mol. The van der Waals surface area contributed by atoms with Crippen molar-refractivity contribution in [3.8, 4) is 0 Å². The number of hydrogen-bond acceptors (Lipinski definition) is 4. The molecule has 1 aromatic heterocycles. The number of carbonyl (C=O) groups excluding carboxylic acids is 1. The maximum atomic E-state index is 11.5. The van der Waals surface area contributed by atoms with Gasteiger partial charge in [0.25, 0.3) is 0 Å². The molecule has 0 radical (unpaired) electrons. The molecule has 1 heterocycles. The summed E-state index contributed by atoms with van der Waals surface area (Å²) in [6, 6.07) is 0. The lowest BCUT2D eigenvalue weighted by Crippen LogP contribution is -2.20. The number of likely N-dealkylation sites (N-methyl/N-ethyl adjacent to an activating group) is 1. The first-order valence-corrected chi connectivity index (χ1v) is 6.19. The Morgan fingerprint density at radius 1 is 1.61 bits per heavy atom. The van der Waals surface area contributed by atoms with Gasteiger partial charge in [-0.05, 0) is 26.9 Å². The van der Waals surface area contributed by atoms with Gasteiger partial charge in [0, 0.05) is 18.5 Å². The van der Waals surface area contributed by atoms with Crippen LogP contribution in [-0.2, 0) is 11.3 Å². The van der Waals surface area contributed by atoms with Gasteiger partial charge in [0.1, 0.15) is 5.76 Å². The minimum Gasteiger partial charge on any atom is -0.444 e. The smallest absolute Gasteiger partial charge is 0.244 e. The Morgan fingerprint density at radius 3 is 3.06 bits per heavy atom. The van der Waals surface area contributed by atoms with Crippen LogP contribution >= 0.6 is 0 Å². The molecule has 1 fully saturated rings. The van der Waals surface area contributed by atoms with Crippen molar-refractivity contribution >= 4 is 5.91 Å². The molecule has 18 heavy (non-hydrogen) atoms. The number of carbonyl (C=O) groups is 1. The predicted octanol–water partition coefficient (Wildman–Crippen LogP) is 1.29. The van der Waals surface area contributed by atoms with Crippen LogP contribution in [0.3, 0.4) is 0 Å². The van der Waals surface area contributed by atoms with Crippen LogP contribution in [0.1, 0.15) is 30.4 Å². The van der Waals surface area contributed by atoms with Crippen molar-refractivity contribution in [1.29, 1.82) is 0 Å². The molecule has 0 aromatic carbocycles. The van der Waals surface area contributed by atoms with E-state index in [0.29, 0.717) is 18.2 Å². The van der Waals surface area contributed by atoms with E-state index in [1.807, 2.05) is 25.1 Å². The molecule has 5 heteroatoms. The summed E-state index contributed by atoms with van der Waals surface area (Å²) in [5.41, 5.74) is 0. The first kappa shape index (κ1) is 12.8. The van der Waals surface area contributed by atoms with E-state index >= 15 is 0 Å². The normalized spacial score (nSPS) is 15.5. The third kappa shape index (κ3) is 4.00. The van der Waals surface area contributed by atoms with E-state index in [1.165, 1.54) is 18.9 Å². The highest BCUT2D eigenvalue weighted by molar-refractivity contribution is 5.87. The number of rotatable bonds is 6. The molecule has 2 rings (SSSR count). The molecule has 0 aliphatic heterocycles. The third-order valence-corrected chi connectivity index (χ3v) is 2.67. The lowest BCUT2D eigenvalue weighted by Gasteiger charge is -2.03. The molecule has 98 valence electrons. The lowest BCUT2D eigenvalue weighted by molar-refractivity contribution is -0.116. The van der Waals surface area contributed by atoms with Gasteiger partial charge in [-0.1, -0.05) is 6.08 Å². The van der Waals surface area contributed by atoms with Gasteiger partial charge in [-0.25, -0.2) is 4.98 Å².